The number of hydrogen-bond acceptors (Lipinski definition) is 2. The zero-order valence-corrected chi connectivity index (χ0v) is 9.05. The number of rotatable bonds is 1. The molecule has 1 heterocycles. The van der Waals surface area contributed by atoms with Crippen molar-refractivity contribution in [2.45, 2.75) is 6.18 Å². The number of hydrogen-bond donors (Lipinski definition) is 0. The smallest absolute Gasteiger partial charge is 0.250 e. The summed E-state index contributed by atoms with van der Waals surface area (Å²) in [6.07, 6.45) is -1.57. The minimum atomic E-state index is -4.57. The SMILES string of the molecule is FC(F)(F)c1[c]ncc(-c2ccccc2Cl)n1. The Bertz CT molecular complexity index is 540. The third kappa shape index (κ3) is 2.55. The van der Waals surface area contributed by atoms with E-state index in [0.717, 1.165) is 0 Å². The Balaban J connectivity index is 2.51. The molecule has 1 aromatic heterocycles. The lowest BCUT2D eigenvalue weighted by Gasteiger charge is -2.07. The summed E-state index contributed by atoms with van der Waals surface area (Å²) in [5.74, 6) is 0. The summed E-state index contributed by atoms with van der Waals surface area (Å²) < 4.78 is 37.3. The molecule has 2 aromatic rings. The second-order valence-electron chi connectivity index (χ2n) is 3.19. The molecule has 2 nitrogen and oxygen atoms in total. The molecule has 87 valence electrons. The van der Waals surface area contributed by atoms with Crippen molar-refractivity contribution in [1.82, 2.24) is 9.97 Å². The van der Waals surface area contributed by atoms with Crippen LogP contribution in [0, 0.1) is 6.20 Å². The van der Waals surface area contributed by atoms with Gasteiger partial charge in [-0.1, -0.05) is 29.8 Å². The lowest BCUT2D eigenvalue weighted by atomic mass is 10.1. The largest absolute Gasteiger partial charge is 0.435 e. The van der Waals surface area contributed by atoms with Crippen LogP contribution in [0.5, 0.6) is 0 Å². The highest BCUT2D eigenvalue weighted by Crippen LogP contribution is 2.30. The number of aromatic nitrogens is 2. The first-order valence-corrected chi connectivity index (χ1v) is 4.93. The zero-order valence-electron chi connectivity index (χ0n) is 8.29. The van der Waals surface area contributed by atoms with Crippen molar-refractivity contribution in [3.63, 3.8) is 0 Å². The average molecular weight is 258 g/mol. The molecule has 0 atom stereocenters. The maximum atomic E-state index is 12.4. The molecular formula is C11H5ClF3N2. The third-order valence-corrected chi connectivity index (χ3v) is 2.34. The maximum Gasteiger partial charge on any atom is 0.435 e. The molecule has 0 saturated carbocycles. The summed E-state index contributed by atoms with van der Waals surface area (Å²) >= 11 is 5.87. The summed E-state index contributed by atoms with van der Waals surface area (Å²) in [5, 5.41) is 0.320. The Morgan fingerprint density at radius 1 is 1.18 bits per heavy atom. The molecule has 1 radical (unpaired) electrons. The molecule has 6 heteroatoms. The highest BCUT2D eigenvalue weighted by atomic mass is 35.5. The minimum Gasteiger partial charge on any atom is -0.250 e. The molecule has 1 aromatic carbocycles. The zero-order chi connectivity index (χ0) is 12.5. The summed E-state index contributed by atoms with van der Waals surface area (Å²) in [4.78, 5) is 6.85. The standard InChI is InChI=1S/C11H5ClF3N2/c12-8-4-2-1-3-7(8)9-5-16-6-10(17-9)11(13,14)15/h1-5H. The Morgan fingerprint density at radius 3 is 2.53 bits per heavy atom. The summed E-state index contributed by atoms with van der Waals surface area (Å²) in [7, 11) is 0. The topological polar surface area (TPSA) is 25.8 Å². The Hall–Kier alpha value is -1.62. The van der Waals surface area contributed by atoms with Crippen molar-refractivity contribution >= 4 is 11.6 Å². The maximum absolute atomic E-state index is 12.4. The van der Waals surface area contributed by atoms with Gasteiger partial charge in [-0.05, 0) is 6.07 Å². The van der Waals surface area contributed by atoms with Gasteiger partial charge in [-0.2, -0.15) is 13.2 Å². The fourth-order valence-corrected chi connectivity index (χ4v) is 1.49. The van der Waals surface area contributed by atoms with Gasteiger partial charge in [-0.25, -0.2) is 9.97 Å². The Morgan fingerprint density at radius 2 is 1.88 bits per heavy atom. The van der Waals surface area contributed by atoms with Crippen LogP contribution < -0.4 is 0 Å². The Kier molecular flexibility index (Phi) is 3.02. The van der Waals surface area contributed by atoms with E-state index in [-0.39, 0.29) is 5.69 Å². The van der Waals surface area contributed by atoms with Gasteiger partial charge in [0.1, 0.15) is 6.20 Å². The highest BCUT2D eigenvalue weighted by Gasteiger charge is 2.33. The van der Waals surface area contributed by atoms with E-state index < -0.39 is 11.9 Å². The van der Waals surface area contributed by atoms with Gasteiger partial charge in [0.2, 0.25) is 0 Å². The normalized spacial score (nSPS) is 11.5. The summed E-state index contributed by atoms with van der Waals surface area (Å²) in [6.45, 7) is 0. The Labute approximate surface area is 100 Å². The van der Waals surface area contributed by atoms with Crippen molar-refractivity contribution < 1.29 is 13.2 Å². The molecule has 0 N–H and O–H groups in total. The molecule has 17 heavy (non-hydrogen) atoms. The predicted molar refractivity (Wildman–Crippen MR) is 56.3 cm³/mol. The van der Waals surface area contributed by atoms with Crippen LogP contribution in [0.15, 0.2) is 30.5 Å². The van der Waals surface area contributed by atoms with E-state index in [4.69, 9.17) is 11.6 Å². The van der Waals surface area contributed by atoms with Crippen LogP contribution in [0.2, 0.25) is 5.02 Å². The number of benzene rings is 1. The van der Waals surface area contributed by atoms with Crippen LogP contribution in [-0.4, -0.2) is 9.97 Å². The van der Waals surface area contributed by atoms with Crippen LogP contribution in [0.25, 0.3) is 11.3 Å². The quantitative estimate of drug-likeness (QED) is 0.780. The van der Waals surface area contributed by atoms with Gasteiger partial charge in [0.15, 0.2) is 5.69 Å². The van der Waals surface area contributed by atoms with Gasteiger partial charge >= 0.3 is 6.18 Å². The van der Waals surface area contributed by atoms with E-state index in [1.165, 1.54) is 6.20 Å². The molecule has 0 aliphatic carbocycles. The van der Waals surface area contributed by atoms with E-state index in [1.54, 1.807) is 24.3 Å². The summed E-state index contributed by atoms with van der Waals surface area (Å²) in [6, 6.07) is 6.49. The van der Waals surface area contributed by atoms with Crippen molar-refractivity contribution in [3.8, 4) is 11.3 Å². The van der Waals surface area contributed by atoms with Gasteiger partial charge in [0.05, 0.1) is 16.9 Å². The molecule has 0 spiro atoms. The lowest BCUT2D eigenvalue weighted by molar-refractivity contribution is -0.141. The lowest BCUT2D eigenvalue weighted by Crippen LogP contribution is -2.09. The third-order valence-electron chi connectivity index (χ3n) is 2.01. The van der Waals surface area contributed by atoms with Crippen molar-refractivity contribution in [1.29, 1.82) is 0 Å². The molecule has 0 fully saturated rings. The second kappa shape index (κ2) is 4.33. The predicted octanol–water partition coefficient (Wildman–Crippen LogP) is 3.62. The van der Waals surface area contributed by atoms with Gasteiger partial charge in [-0.3, -0.25) is 0 Å². The molecule has 0 bridgehead atoms. The number of nitrogens with zero attached hydrogens (tertiary/aromatic N) is 2. The van der Waals surface area contributed by atoms with E-state index in [9.17, 15) is 13.2 Å². The molecular weight excluding hydrogens is 253 g/mol. The average Bonchev–Trinajstić information content (AvgIpc) is 2.29. The van der Waals surface area contributed by atoms with Crippen LogP contribution >= 0.6 is 11.6 Å². The molecule has 0 aliphatic rings. The molecule has 0 saturated heterocycles. The molecule has 0 aliphatic heterocycles. The first kappa shape index (κ1) is 11.9. The number of alkyl halides is 3. The fourth-order valence-electron chi connectivity index (χ4n) is 1.25. The number of halogens is 4. The van der Waals surface area contributed by atoms with Gasteiger partial charge in [0.25, 0.3) is 0 Å². The van der Waals surface area contributed by atoms with E-state index in [1.807, 2.05) is 6.20 Å². The van der Waals surface area contributed by atoms with Crippen molar-refractivity contribution in [2.24, 2.45) is 0 Å². The first-order chi connectivity index (χ1) is 7.98. The van der Waals surface area contributed by atoms with Gasteiger partial charge in [-0.15, -0.1) is 0 Å². The fraction of sp³-hybridized carbons (Fsp3) is 0.0909. The van der Waals surface area contributed by atoms with Crippen LogP contribution in [0.3, 0.4) is 0 Å². The van der Waals surface area contributed by atoms with Gasteiger partial charge in [0, 0.05) is 5.56 Å². The van der Waals surface area contributed by atoms with Gasteiger partial charge < -0.3 is 0 Å². The van der Waals surface area contributed by atoms with E-state index >= 15 is 0 Å². The van der Waals surface area contributed by atoms with Crippen LogP contribution in [0.1, 0.15) is 5.69 Å². The van der Waals surface area contributed by atoms with E-state index in [2.05, 4.69) is 9.97 Å². The first-order valence-electron chi connectivity index (χ1n) is 4.55. The summed E-state index contributed by atoms with van der Waals surface area (Å²) in [5.41, 5.74) is -0.683. The van der Waals surface area contributed by atoms with Crippen LogP contribution in [-0.2, 0) is 6.18 Å². The monoisotopic (exact) mass is 257 g/mol. The molecule has 2 rings (SSSR count). The van der Waals surface area contributed by atoms with Crippen LogP contribution in [0.4, 0.5) is 13.2 Å². The van der Waals surface area contributed by atoms with Crippen molar-refractivity contribution in [2.75, 3.05) is 0 Å². The highest BCUT2D eigenvalue weighted by molar-refractivity contribution is 6.33. The minimum absolute atomic E-state index is 0.0710. The molecule has 0 unspecified atom stereocenters. The van der Waals surface area contributed by atoms with Crippen molar-refractivity contribution in [3.05, 3.63) is 47.4 Å². The molecule has 0 amide bonds. The second-order valence-corrected chi connectivity index (χ2v) is 3.60. The van der Waals surface area contributed by atoms with E-state index in [0.29, 0.717) is 10.6 Å².